The summed E-state index contributed by atoms with van der Waals surface area (Å²) < 4.78 is 15.5. The zero-order chi connectivity index (χ0) is 21.5. The largest absolute Gasteiger partial charge is 0.368 e. The summed E-state index contributed by atoms with van der Waals surface area (Å²) in [7, 11) is 0. The molecule has 2 N–H and O–H groups in total. The van der Waals surface area contributed by atoms with Gasteiger partial charge in [0, 0.05) is 43.9 Å². The standard InChI is InChI=1S/C21H23FN8O/c1-13-12-30(16-5-3-2-4-15(16)22)27-17(13)19(31)28-8-10-29(11-9-28)21-25-18(14-6-7-14)24-20(23)26-21/h2-5,12,14H,6-11H2,1H3,(H2,23,24,25,26). The first-order chi connectivity index (χ1) is 15.0. The fourth-order valence-electron chi connectivity index (χ4n) is 3.75. The number of aromatic nitrogens is 5. The van der Waals surface area contributed by atoms with E-state index in [1.54, 1.807) is 36.2 Å². The lowest BCUT2D eigenvalue weighted by Crippen LogP contribution is -2.49. The number of carbonyl (C=O) groups excluding carboxylic acids is 1. The van der Waals surface area contributed by atoms with E-state index in [9.17, 15) is 9.18 Å². The summed E-state index contributed by atoms with van der Waals surface area (Å²) in [5, 5.41) is 4.37. The predicted octanol–water partition coefficient (Wildman–Crippen LogP) is 1.93. The quantitative estimate of drug-likeness (QED) is 0.685. The molecule has 3 heterocycles. The normalized spacial score (nSPS) is 16.6. The molecule has 0 bridgehead atoms. The third-order valence-corrected chi connectivity index (χ3v) is 5.65. The van der Waals surface area contributed by atoms with Crippen molar-refractivity contribution in [3.05, 3.63) is 53.4 Å². The van der Waals surface area contributed by atoms with Gasteiger partial charge in [0.1, 0.15) is 17.3 Å². The number of hydrogen-bond donors (Lipinski definition) is 1. The van der Waals surface area contributed by atoms with Gasteiger partial charge in [-0.1, -0.05) is 12.1 Å². The predicted molar refractivity (Wildman–Crippen MR) is 113 cm³/mol. The molecule has 2 aromatic heterocycles. The van der Waals surface area contributed by atoms with E-state index in [1.165, 1.54) is 10.7 Å². The molecular weight excluding hydrogens is 399 g/mol. The summed E-state index contributed by atoms with van der Waals surface area (Å²) in [6.45, 7) is 4.00. The number of piperazine rings is 1. The van der Waals surface area contributed by atoms with Gasteiger partial charge in [0.25, 0.3) is 5.91 Å². The first-order valence-electron chi connectivity index (χ1n) is 10.4. The highest BCUT2D eigenvalue weighted by molar-refractivity contribution is 5.93. The van der Waals surface area contributed by atoms with Gasteiger partial charge in [-0.05, 0) is 31.9 Å². The molecule has 0 spiro atoms. The van der Waals surface area contributed by atoms with Crippen LogP contribution >= 0.6 is 0 Å². The number of nitrogens with zero attached hydrogens (tertiary/aromatic N) is 7. The zero-order valence-corrected chi connectivity index (χ0v) is 17.2. The third-order valence-electron chi connectivity index (χ3n) is 5.65. The summed E-state index contributed by atoms with van der Waals surface area (Å²) in [5.74, 6) is 1.40. The molecule has 1 saturated carbocycles. The van der Waals surface area contributed by atoms with E-state index in [2.05, 4.69) is 20.1 Å². The van der Waals surface area contributed by atoms with Crippen molar-refractivity contribution >= 4 is 17.8 Å². The van der Waals surface area contributed by atoms with E-state index in [-0.39, 0.29) is 17.7 Å². The maximum Gasteiger partial charge on any atom is 0.274 e. The van der Waals surface area contributed by atoms with Crippen LogP contribution in [0, 0.1) is 12.7 Å². The molecule has 1 aliphatic carbocycles. The summed E-state index contributed by atoms with van der Waals surface area (Å²) in [6.07, 6.45) is 3.85. The number of hydrogen-bond acceptors (Lipinski definition) is 7. The van der Waals surface area contributed by atoms with Gasteiger partial charge in [-0.3, -0.25) is 4.79 Å². The van der Waals surface area contributed by atoms with Crippen molar-refractivity contribution in [2.75, 3.05) is 36.8 Å². The van der Waals surface area contributed by atoms with E-state index in [0.717, 1.165) is 18.7 Å². The van der Waals surface area contributed by atoms with E-state index in [4.69, 9.17) is 5.73 Å². The van der Waals surface area contributed by atoms with Crippen LogP contribution in [0.5, 0.6) is 0 Å². The molecule has 1 aliphatic heterocycles. The molecule has 0 unspecified atom stereocenters. The summed E-state index contributed by atoms with van der Waals surface area (Å²) in [6, 6.07) is 6.36. The van der Waals surface area contributed by atoms with Crippen LogP contribution in [0.2, 0.25) is 0 Å². The van der Waals surface area contributed by atoms with E-state index in [1.807, 2.05) is 4.90 Å². The fraction of sp³-hybridized carbons (Fsp3) is 0.381. The van der Waals surface area contributed by atoms with Crippen molar-refractivity contribution in [1.82, 2.24) is 29.6 Å². The Balaban J connectivity index is 1.29. The molecule has 0 radical (unpaired) electrons. The number of nitrogens with two attached hydrogens (primary N) is 1. The van der Waals surface area contributed by atoms with Crippen molar-refractivity contribution in [2.24, 2.45) is 0 Å². The monoisotopic (exact) mass is 422 g/mol. The highest BCUT2D eigenvalue weighted by Crippen LogP contribution is 2.38. The Kier molecular flexibility index (Phi) is 4.76. The zero-order valence-electron chi connectivity index (χ0n) is 17.2. The number of aryl methyl sites for hydroxylation is 1. The number of rotatable bonds is 4. The Labute approximate surface area is 178 Å². The lowest BCUT2D eigenvalue weighted by molar-refractivity contribution is 0.0739. The van der Waals surface area contributed by atoms with Crippen LogP contribution in [0.4, 0.5) is 16.3 Å². The van der Waals surface area contributed by atoms with Crippen LogP contribution in [-0.4, -0.2) is 61.7 Å². The smallest absolute Gasteiger partial charge is 0.274 e. The molecule has 31 heavy (non-hydrogen) atoms. The van der Waals surface area contributed by atoms with E-state index in [0.29, 0.717) is 55.0 Å². The van der Waals surface area contributed by atoms with Crippen molar-refractivity contribution in [1.29, 1.82) is 0 Å². The van der Waals surface area contributed by atoms with Gasteiger partial charge in [0.2, 0.25) is 11.9 Å². The van der Waals surface area contributed by atoms with Gasteiger partial charge in [-0.25, -0.2) is 9.07 Å². The molecule has 10 heteroatoms. The average molecular weight is 422 g/mol. The molecule has 5 rings (SSSR count). The van der Waals surface area contributed by atoms with Gasteiger partial charge >= 0.3 is 0 Å². The van der Waals surface area contributed by atoms with Crippen molar-refractivity contribution < 1.29 is 9.18 Å². The highest BCUT2D eigenvalue weighted by atomic mass is 19.1. The number of benzene rings is 1. The minimum atomic E-state index is -0.389. The maximum atomic E-state index is 14.1. The Hall–Kier alpha value is -3.56. The number of amides is 1. The van der Waals surface area contributed by atoms with Gasteiger partial charge in [-0.2, -0.15) is 20.1 Å². The van der Waals surface area contributed by atoms with Gasteiger partial charge in [-0.15, -0.1) is 0 Å². The van der Waals surface area contributed by atoms with Crippen LogP contribution < -0.4 is 10.6 Å². The van der Waals surface area contributed by atoms with Crippen molar-refractivity contribution in [2.45, 2.75) is 25.7 Å². The Morgan fingerprint density at radius 1 is 1.10 bits per heavy atom. The van der Waals surface area contributed by atoms with Gasteiger partial charge < -0.3 is 15.5 Å². The van der Waals surface area contributed by atoms with Gasteiger partial charge in [0.15, 0.2) is 5.69 Å². The molecule has 3 aromatic rings. The number of carbonyl (C=O) groups is 1. The van der Waals surface area contributed by atoms with Gasteiger partial charge in [0.05, 0.1) is 0 Å². The third kappa shape index (κ3) is 3.80. The Bertz CT molecular complexity index is 1130. The van der Waals surface area contributed by atoms with E-state index >= 15 is 0 Å². The highest BCUT2D eigenvalue weighted by Gasteiger charge is 2.30. The van der Waals surface area contributed by atoms with Crippen LogP contribution in [-0.2, 0) is 0 Å². The van der Waals surface area contributed by atoms with Crippen molar-refractivity contribution in [3.8, 4) is 5.69 Å². The van der Waals surface area contributed by atoms with E-state index < -0.39 is 0 Å². The summed E-state index contributed by atoms with van der Waals surface area (Å²) in [4.78, 5) is 30.0. The van der Waals surface area contributed by atoms with Crippen LogP contribution in [0.25, 0.3) is 5.69 Å². The van der Waals surface area contributed by atoms with Crippen molar-refractivity contribution in [3.63, 3.8) is 0 Å². The Morgan fingerprint density at radius 3 is 2.55 bits per heavy atom. The fourth-order valence-corrected chi connectivity index (χ4v) is 3.75. The summed E-state index contributed by atoms with van der Waals surface area (Å²) in [5.41, 5.74) is 7.22. The molecule has 1 aromatic carbocycles. The molecule has 9 nitrogen and oxygen atoms in total. The molecule has 1 amide bonds. The summed E-state index contributed by atoms with van der Waals surface area (Å²) >= 11 is 0. The number of para-hydroxylation sites is 1. The molecule has 160 valence electrons. The van der Waals surface area contributed by atoms with Crippen LogP contribution in [0.15, 0.2) is 30.5 Å². The first-order valence-corrected chi connectivity index (χ1v) is 10.4. The SMILES string of the molecule is Cc1cn(-c2ccccc2F)nc1C(=O)N1CCN(c2nc(N)nc(C3CC3)n2)CC1. The second-order valence-corrected chi connectivity index (χ2v) is 7.96. The van der Waals surface area contributed by atoms with Crippen LogP contribution in [0.3, 0.4) is 0 Å². The molecule has 0 atom stereocenters. The lowest BCUT2D eigenvalue weighted by atomic mass is 10.2. The molecule has 1 saturated heterocycles. The average Bonchev–Trinajstić information content (AvgIpc) is 3.55. The number of anilines is 2. The second-order valence-electron chi connectivity index (χ2n) is 7.96. The maximum absolute atomic E-state index is 14.1. The minimum absolute atomic E-state index is 0.166. The van der Waals surface area contributed by atoms with Crippen LogP contribution in [0.1, 0.15) is 40.6 Å². The second kappa shape index (κ2) is 7.60. The topological polar surface area (TPSA) is 106 Å². The Morgan fingerprint density at radius 2 is 1.84 bits per heavy atom. The minimum Gasteiger partial charge on any atom is -0.368 e. The number of halogens is 1. The first kappa shape index (κ1) is 19.4. The number of nitrogen functional groups attached to an aromatic ring is 1. The molecular formula is C21H23FN8O. The lowest BCUT2D eigenvalue weighted by Gasteiger charge is -2.34. The molecule has 2 fully saturated rings. The molecule has 2 aliphatic rings.